The molecule has 4 nitrogen and oxygen atoms in total. The van der Waals surface area contributed by atoms with Crippen molar-refractivity contribution < 1.29 is 9.18 Å². The van der Waals surface area contributed by atoms with Crippen molar-refractivity contribution in [1.29, 1.82) is 0 Å². The lowest BCUT2D eigenvalue weighted by molar-refractivity contribution is 0.102. The van der Waals surface area contributed by atoms with Crippen LogP contribution in [-0.4, -0.2) is 15.7 Å². The van der Waals surface area contributed by atoms with Crippen LogP contribution in [0.1, 0.15) is 29.4 Å². The van der Waals surface area contributed by atoms with E-state index in [9.17, 15) is 9.18 Å². The molecule has 1 heterocycles. The average Bonchev–Trinajstić information content (AvgIpc) is 3.01. The van der Waals surface area contributed by atoms with Gasteiger partial charge in [-0.1, -0.05) is 31.0 Å². The Kier molecular flexibility index (Phi) is 5.14. The van der Waals surface area contributed by atoms with Crippen LogP contribution in [0.25, 0.3) is 5.69 Å². The second kappa shape index (κ2) is 7.49. The largest absolute Gasteiger partial charge is 0.322 e. The number of hydrogen-bond acceptors (Lipinski definition) is 2. The van der Waals surface area contributed by atoms with Crippen LogP contribution in [0.4, 0.5) is 10.1 Å². The Bertz CT molecular complexity index is 890. The number of nitrogens with zero attached hydrogens (tertiary/aromatic N) is 2. The maximum atomic E-state index is 13.0. The van der Waals surface area contributed by atoms with Crippen LogP contribution >= 0.6 is 11.6 Å². The van der Waals surface area contributed by atoms with Crippen molar-refractivity contribution in [2.75, 3.05) is 5.32 Å². The fraction of sp³-hybridized carbons (Fsp3) is 0.158. The highest BCUT2D eigenvalue weighted by Gasteiger charge is 2.18. The van der Waals surface area contributed by atoms with Crippen LogP contribution in [-0.2, 0) is 6.42 Å². The number of anilines is 1. The second-order valence-electron chi connectivity index (χ2n) is 5.61. The van der Waals surface area contributed by atoms with E-state index in [1.807, 2.05) is 19.1 Å². The number of benzene rings is 2. The molecule has 0 aliphatic carbocycles. The van der Waals surface area contributed by atoms with Crippen LogP contribution in [0.3, 0.4) is 0 Å². The Balaban J connectivity index is 1.93. The molecule has 128 valence electrons. The summed E-state index contributed by atoms with van der Waals surface area (Å²) in [5.41, 5.74) is 2.64. The second-order valence-corrected chi connectivity index (χ2v) is 6.04. The van der Waals surface area contributed by atoms with E-state index in [2.05, 4.69) is 10.4 Å². The van der Waals surface area contributed by atoms with Gasteiger partial charge in [0, 0.05) is 10.7 Å². The van der Waals surface area contributed by atoms with Crippen LogP contribution in [0.15, 0.2) is 54.7 Å². The Morgan fingerprint density at radius 3 is 2.68 bits per heavy atom. The fourth-order valence-electron chi connectivity index (χ4n) is 2.60. The average molecular weight is 358 g/mol. The quantitative estimate of drug-likeness (QED) is 0.708. The predicted octanol–water partition coefficient (Wildman–Crippen LogP) is 4.87. The number of aromatic nitrogens is 2. The van der Waals surface area contributed by atoms with Gasteiger partial charge in [0.05, 0.1) is 23.1 Å². The van der Waals surface area contributed by atoms with Gasteiger partial charge in [-0.05, 0) is 48.9 Å². The molecule has 1 aromatic heterocycles. The molecule has 0 saturated heterocycles. The number of rotatable bonds is 5. The van der Waals surface area contributed by atoms with Crippen LogP contribution in [0, 0.1) is 5.82 Å². The molecule has 1 N–H and O–H groups in total. The molecule has 6 heteroatoms. The lowest BCUT2D eigenvalue weighted by Gasteiger charge is -2.10. The molecular weight excluding hydrogens is 341 g/mol. The van der Waals surface area contributed by atoms with Gasteiger partial charge in [0.1, 0.15) is 5.82 Å². The topological polar surface area (TPSA) is 46.9 Å². The number of nitrogens with one attached hydrogen (secondary N) is 1. The molecule has 2 aromatic carbocycles. The molecular formula is C19H17ClFN3O. The first-order valence-electron chi connectivity index (χ1n) is 7.98. The van der Waals surface area contributed by atoms with Gasteiger partial charge in [-0.3, -0.25) is 4.79 Å². The number of hydrogen-bond donors (Lipinski definition) is 1. The van der Waals surface area contributed by atoms with Gasteiger partial charge in [-0.25, -0.2) is 9.07 Å². The van der Waals surface area contributed by atoms with Gasteiger partial charge < -0.3 is 5.32 Å². The Hall–Kier alpha value is -2.66. The van der Waals surface area contributed by atoms with Gasteiger partial charge in [0.2, 0.25) is 0 Å². The summed E-state index contributed by atoms with van der Waals surface area (Å²) in [5, 5.41) is 7.74. The summed E-state index contributed by atoms with van der Waals surface area (Å²) in [5.74, 6) is -0.623. The minimum Gasteiger partial charge on any atom is -0.322 e. The van der Waals surface area contributed by atoms with E-state index in [4.69, 9.17) is 11.6 Å². The van der Waals surface area contributed by atoms with E-state index in [0.29, 0.717) is 22.7 Å². The minimum absolute atomic E-state index is 0.275. The molecule has 0 spiro atoms. The molecule has 1 amide bonds. The third-order valence-corrected chi connectivity index (χ3v) is 3.99. The van der Waals surface area contributed by atoms with Gasteiger partial charge in [0.25, 0.3) is 5.91 Å². The molecule has 0 atom stereocenters. The summed E-state index contributed by atoms with van der Waals surface area (Å²) >= 11 is 6.06. The smallest absolute Gasteiger partial charge is 0.259 e. The maximum Gasteiger partial charge on any atom is 0.259 e. The highest BCUT2D eigenvalue weighted by molar-refractivity contribution is 6.30. The zero-order valence-electron chi connectivity index (χ0n) is 13.7. The van der Waals surface area contributed by atoms with Crippen molar-refractivity contribution in [3.8, 4) is 5.69 Å². The first-order chi connectivity index (χ1) is 12.1. The molecule has 0 unspecified atom stereocenters. The number of carbonyl (C=O) groups is 1. The summed E-state index contributed by atoms with van der Waals surface area (Å²) < 4.78 is 14.7. The van der Waals surface area contributed by atoms with Crippen LogP contribution < -0.4 is 5.32 Å². The normalized spacial score (nSPS) is 10.7. The van der Waals surface area contributed by atoms with Crippen molar-refractivity contribution >= 4 is 23.2 Å². The van der Waals surface area contributed by atoms with E-state index >= 15 is 0 Å². The van der Waals surface area contributed by atoms with E-state index in [0.717, 1.165) is 17.8 Å². The minimum atomic E-state index is -0.349. The Morgan fingerprint density at radius 2 is 2.00 bits per heavy atom. The van der Waals surface area contributed by atoms with Crippen molar-refractivity contribution in [2.24, 2.45) is 0 Å². The van der Waals surface area contributed by atoms with Crippen molar-refractivity contribution in [3.63, 3.8) is 0 Å². The first kappa shape index (κ1) is 17.2. The van der Waals surface area contributed by atoms with Gasteiger partial charge in [-0.15, -0.1) is 0 Å². The monoisotopic (exact) mass is 357 g/mol. The van der Waals surface area contributed by atoms with Crippen molar-refractivity contribution in [1.82, 2.24) is 9.78 Å². The SMILES string of the molecule is CCCc1c(C(=O)Nc2ccc(F)cc2)cnn1-c1cccc(Cl)c1. The zero-order valence-corrected chi connectivity index (χ0v) is 14.4. The molecule has 0 fully saturated rings. The molecule has 0 aliphatic rings. The summed E-state index contributed by atoms with van der Waals surface area (Å²) in [6, 6.07) is 13.0. The zero-order chi connectivity index (χ0) is 17.8. The number of carbonyl (C=O) groups excluding carboxylic acids is 1. The maximum absolute atomic E-state index is 13.0. The van der Waals surface area contributed by atoms with E-state index in [1.165, 1.54) is 24.3 Å². The molecule has 0 saturated carbocycles. The number of amides is 1. The van der Waals surface area contributed by atoms with Gasteiger partial charge in [-0.2, -0.15) is 5.10 Å². The van der Waals surface area contributed by atoms with E-state index in [-0.39, 0.29) is 11.7 Å². The molecule has 3 aromatic rings. The predicted molar refractivity (Wildman–Crippen MR) is 96.9 cm³/mol. The fourth-order valence-corrected chi connectivity index (χ4v) is 2.79. The molecule has 25 heavy (non-hydrogen) atoms. The summed E-state index contributed by atoms with van der Waals surface area (Å²) in [6.07, 6.45) is 3.10. The first-order valence-corrected chi connectivity index (χ1v) is 8.36. The molecule has 0 radical (unpaired) electrons. The highest BCUT2D eigenvalue weighted by atomic mass is 35.5. The molecule has 3 rings (SSSR count). The summed E-state index contributed by atoms with van der Waals surface area (Å²) in [6.45, 7) is 2.04. The lowest BCUT2D eigenvalue weighted by Crippen LogP contribution is -2.14. The third-order valence-electron chi connectivity index (χ3n) is 3.76. The highest BCUT2D eigenvalue weighted by Crippen LogP contribution is 2.21. The molecule has 0 bridgehead atoms. The Labute approximate surface area is 150 Å². The number of halogens is 2. The molecule has 0 aliphatic heterocycles. The van der Waals surface area contributed by atoms with Crippen LogP contribution in [0.5, 0.6) is 0 Å². The Morgan fingerprint density at radius 1 is 1.24 bits per heavy atom. The van der Waals surface area contributed by atoms with Crippen LogP contribution in [0.2, 0.25) is 5.02 Å². The van der Waals surface area contributed by atoms with E-state index in [1.54, 1.807) is 23.0 Å². The lowest BCUT2D eigenvalue weighted by atomic mass is 10.1. The van der Waals surface area contributed by atoms with E-state index < -0.39 is 0 Å². The summed E-state index contributed by atoms with van der Waals surface area (Å²) in [7, 11) is 0. The van der Waals surface area contributed by atoms with Crippen molar-refractivity contribution in [3.05, 3.63) is 76.8 Å². The van der Waals surface area contributed by atoms with Gasteiger partial charge in [0.15, 0.2) is 0 Å². The van der Waals surface area contributed by atoms with Crippen molar-refractivity contribution in [2.45, 2.75) is 19.8 Å². The van der Waals surface area contributed by atoms with Gasteiger partial charge >= 0.3 is 0 Å². The standard InChI is InChI=1S/C19H17ClFN3O/c1-2-4-18-17(19(25)23-15-9-7-14(21)8-10-15)12-22-24(18)16-6-3-5-13(20)11-16/h3,5-12H,2,4H2,1H3,(H,23,25). The third kappa shape index (κ3) is 3.88. The summed E-state index contributed by atoms with van der Waals surface area (Å²) in [4.78, 5) is 12.6.